The summed E-state index contributed by atoms with van der Waals surface area (Å²) in [4.78, 5) is 6.57. The Morgan fingerprint density at radius 2 is 2.30 bits per heavy atom. The molecular formula is C17H22FN3O2. The molecule has 6 heteroatoms. The summed E-state index contributed by atoms with van der Waals surface area (Å²) < 4.78 is 21.2. The summed E-state index contributed by atoms with van der Waals surface area (Å²) in [6, 6.07) is 6.47. The maximum atomic E-state index is 13.4. The van der Waals surface area contributed by atoms with Gasteiger partial charge in [0, 0.05) is 39.3 Å². The molecule has 0 saturated carbocycles. The van der Waals surface area contributed by atoms with Crippen molar-refractivity contribution in [1.29, 1.82) is 0 Å². The molecule has 3 rings (SSSR count). The molecule has 1 N–H and O–H groups in total. The third-order valence-electron chi connectivity index (χ3n) is 4.17. The van der Waals surface area contributed by atoms with Crippen LogP contribution in [0.4, 0.5) is 4.39 Å². The van der Waals surface area contributed by atoms with Crippen LogP contribution >= 0.6 is 0 Å². The molecule has 0 aliphatic carbocycles. The van der Waals surface area contributed by atoms with Crippen molar-refractivity contribution in [2.45, 2.75) is 18.6 Å². The van der Waals surface area contributed by atoms with E-state index in [1.807, 2.05) is 23.9 Å². The Bertz CT molecular complexity index is 661. The van der Waals surface area contributed by atoms with Gasteiger partial charge in [0.25, 0.3) is 0 Å². The number of rotatable bonds is 5. The molecule has 0 bridgehead atoms. The van der Waals surface area contributed by atoms with Crippen molar-refractivity contribution in [1.82, 2.24) is 14.5 Å². The molecule has 0 amide bonds. The fraction of sp³-hybridized carbons (Fsp3) is 0.471. The molecule has 1 aromatic carbocycles. The minimum atomic E-state index is -0.694. The SMILES string of the molecule is Cn1cnc(CN2CCOC(CO)(Cc3cccc(F)c3)C2)c1. The van der Waals surface area contributed by atoms with Gasteiger partial charge >= 0.3 is 0 Å². The zero-order valence-corrected chi connectivity index (χ0v) is 13.3. The van der Waals surface area contributed by atoms with Gasteiger partial charge in [-0.15, -0.1) is 0 Å². The zero-order valence-electron chi connectivity index (χ0n) is 13.3. The summed E-state index contributed by atoms with van der Waals surface area (Å²) >= 11 is 0. The third-order valence-corrected chi connectivity index (χ3v) is 4.17. The van der Waals surface area contributed by atoms with E-state index in [1.165, 1.54) is 12.1 Å². The Morgan fingerprint density at radius 3 is 3.00 bits per heavy atom. The Kier molecular flexibility index (Phi) is 4.75. The van der Waals surface area contributed by atoms with Gasteiger partial charge in [0.1, 0.15) is 11.4 Å². The van der Waals surface area contributed by atoms with Crippen molar-refractivity contribution < 1.29 is 14.2 Å². The van der Waals surface area contributed by atoms with Gasteiger partial charge in [-0.25, -0.2) is 9.37 Å². The van der Waals surface area contributed by atoms with Crippen LogP contribution in [0.5, 0.6) is 0 Å². The lowest BCUT2D eigenvalue weighted by Crippen LogP contribution is -2.55. The van der Waals surface area contributed by atoms with Crippen LogP contribution < -0.4 is 0 Å². The van der Waals surface area contributed by atoms with E-state index in [9.17, 15) is 9.50 Å². The number of halogens is 1. The second kappa shape index (κ2) is 6.78. The molecule has 1 fully saturated rings. The van der Waals surface area contributed by atoms with E-state index < -0.39 is 5.60 Å². The number of benzene rings is 1. The maximum absolute atomic E-state index is 13.4. The molecule has 2 heterocycles. The number of hydrogen-bond acceptors (Lipinski definition) is 4. The average Bonchev–Trinajstić information content (AvgIpc) is 2.92. The summed E-state index contributed by atoms with van der Waals surface area (Å²) in [5.74, 6) is -0.267. The molecule has 124 valence electrons. The van der Waals surface area contributed by atoms with Crippen molar-refractivity contribution in [3.05, 3.63) is 53.9 Å². The summed E-state index contributed by atoms with van der Waals surface area (Å²) in [5.41, 5.74) is 1.13. The van der Waals surface area contributed by atoms with E-state index >= 15 is 0 Å². The van der Waals surface area contributed by atoms with E-state index in [0.717, 1.165) is 24.3 Å². The van der Waals surface area contributed by atoms with Crippen LogP contribution in [0.25, 0.3) is 0 Å². The van der Waals surface area contributed by atoms with Crippen molar-refractivity contribution in [3.63, 3.8) is 0 Å². The summed E-state index contributed by atoms with van der Waals surface area (Å²) in [6.45, 7) is 2.55. The number of ether oxygens (including phenoxy) is 1. The first-order valence-corrected chi connectivity index (χ1v) is 7.77. The van der Waals surface area contributed by atoms with Gasteiger partial charge in [0.05, 0.1) is 25.2 Å². The summed E-state index contributed by atoms with van der Waals surface area (Å²) in [5, 5.41) is 9.89. The fourth-order valence-electron chi connectivity index (χ4n) is 3.11. The number of aryl methyl sites for hydroxylation is 1. The Balaban J connectivity index is 1.70. The van der Waals surface area contributed by atoms with Crippen molar-refractivity contribution in [2.24, 2.45) is 7.05 Å². The van der Waals surface area contributed by atoms with E-state index in [1.54, 1.807) is 12.4 Å². The van der Waals surface area contributed by atoms with E-state index in [4.69, 9.17) is 4.74 Å². The minimum absolute atomic E-state index is 0.0950. The van der Waals surface area contributed by atoms with Gasteiger partial charge in [-0.2, -0.15) is 0 Å². The van der Waals surface area contributed by atoms with E-state index in [2.05, 4.69) is 9.88 Å². The number of aliphatic hydroxyl groups excluding tert-OH is 1. The molecule has 2 aromatic rings. The number of imidazole rings is 1. The first-order chi connectivity index (χ1) is 11.1. The molecule has 1 atom stereocenters. The lowest BCUT2D eigenvalue weighted by molar-refractivity contribution is -0.134. The molecule has 1 aromatic heterocycles. The largest absolute Gasteiger partial charge is 0.393 e. The molecule has 1 saturated heterocycles. The predicted octanol–water partition coefficient (Wildman–Crippen LogP) is 1.37. The van der Waals surface area contributed by atoms with Crippen molar-refractivity contribution in [3.8, 4) is 0 Å². The fourth-order valence-corrected chi connectivity index (χ4v) is 3.11. The molecule has 1 aliphatic rings. The first kappa shape index (κ1) is 16.1. The Labute approximate surface area is 135 Å². The topological polar surface area (TPSA) is 50.5 Å². The van der Waals surface area contributed by atoms with E-state index in [0.29, 0.717) is 19.6 Å². The molecule has 1 unspecified atom stereocenters. The number of aliphatic hydroxyl groups is 1. The maximum Gasteiger partial charge on any atom is 0.123 e. The van der Waals surface area contributed by atoms with Crippen LogP contribution in [0.3, 0.4) is 0 Å². The van der Waals surface area contributed by atoms with Gasteiger partial charge in [-0.05, 0) is 17.7 Å². The lowest BCUT2D eigenvalue weighted by atomic mass is 9.93. The quantitative estimate of drug-likeness (QED) is 0.904. The highest BCUT2D eigenvalue weighted by Crippen LogP contribution is 2.24. The monoisotopic (exact) mass is 319 g/mol. The number of hydrogen-bond donors (Lipinski definition) is 1. The highest BCUT2D eigenvalue weighted by Gasteiger charge is 2.36. The second-order valence-electron chi connectivity index (χ2n) is 6.24. The van der Waals surface area contributed by atoms with Crippen LogP contribution in [-0.4, -0.2) is 51.5 Å². The molecule has 5 nitrogen and oxygen atoms in total. The molecular weight excluding hydrogens is 297 g/mol. The molecule has 0 radical (unpaired) electrons. The van der Waals surface area contributed by atoms with Crippen LogP contribution in [0.1, 0.15) is 11.3 Å². The van der Waals surface area contributed by atoms with Gasteiger partial charge in [0.15, 0.2) is 0 Å². The molecule has 1 aliphatic heterocycles. The minimum Gasteiger partial charge on any atom is -0.393 e. The number of nitrogens with zero attached hydrogens (tertiary/aromatic N) is 3. The summed E-state index contributed by atoms with van der Waals surface area (Å²) in [7, 11) is 1.94. The lowest BCUT2D eigenvalue weighted by Gasteiger charge is -2.41. The standard InChI is InChI=1S/C17H22FN3O2/c1-20-9-16(19-13-20)10-21-5-6-23-17(11-21,12-22)8-14-3-2-4-15(18)7-14/h2-4,7,9,13,22H,5-6,8,10-12H2,1H3. The normalized spacial score (nSPS) is 22.4. The highest BCUT2D eigenvalue weighted by atomic mass is 19.1. The highest BCUT2D eigenvalue weighted by molar-refractivity contribution is 5.19. The first-order valence-electron chi connectivity index (χ1n) is 7.77. The van der Waals surface area contributed by atoms with Crippen molar-refractivity contribution in [2.75, 3.05) is 26.3 Å². The smallest absolute Gasteiger partial charge is 0.123 e. The Morgan fingerprint density at radius 1 is 1.43 bits per heavy atom. The molecule has 0 spiro atoms. The summed E-state index contributed by atoms with van der Waals surface area (Å²) in [6.07, 6.45) is 4.25. The van der Waals surface area contributed by atoms with Gasteiger partial charge < -0.3 is 14.4 Å². The average molecular weight is 319 g/mol. The number of morpholine rings is 1. The van der Waals surface area contributed by atoms with E-state index in [-0.39, 0.29) is 12.4 Å². The zero-order chi connectivity index (χ0) is 16.3. The number of aromatic nitrogens is 2. The van der Waals surface area contributed by atoms with Crippen LogP contribution in [0.2, 0.25) is 0 Å². The third kappa shape index (κ3) is 3.96. The van der Waals surface area contributed by atoms with Gasteiger partial charge in [-0.1, -0.05) is 12.1 Å². The Hall–Kier alpha value is -1.76. The van der Waals surface area contributed by atoms with Gasteiger partial charge in [-0.3, -0.25) is 4.90 Å². The van der Waals surface area contributed by atoms with Crippen LogP contribution in [0.15, 0.2) is 36.8 Å². The van der Waals surface area contributed by atoms with Crippen LogP contribution in [0, 0.1) is 5.82 Å². The second-order valence-corrected chi connectivity index (χ2v) is 6.24. The van der Waals surface area contributed by atoms with Gasteiger partial charge in [0.2, 0.25) is 0 Å². The van der Waals surface area contributed by atoms with Crippen molar-refractivity contribution >= 4 is 0 Å². The van der Waals surface area contributed by atoms with Crippen LogP contribution in [-0.2, 0) is 24.8 Å². The predicted molar refractivity (Wildman–Crippen MR) is 84.4 cm³/mol. The molecule has 23 heavy (non-hydrogen) atoms.